The van der Waals surface area contributed by atoms with E-state index in [1.165, 1.54) is 4.90 Å². The number of likely N-dealkylation sites (tertiary alicyclic amines) is 1. The second kappa shape index (κ2) is 8.27. The molecule has 1 aromatic carbocycles. The Hall–Kier alpha value is -2.83. The average molecular weight is 396 g/mol. The van der Waals surface area contributed by atoms with Gasteiger partial charge in [-0.2, -0.15) is 0 Å². The molecule has 154 valence electrons. The molecule has 1 saturated carbocycles. The van der Waals surface area contributed by atoms with Gasteiger partial charge in [0.2, 0.25) is 11.8 Å². The molecule has 2 N–H and O–H groups in total. The van der Waals surface area contributed by atoms with Gasteiger partial charge >= 0.3 is 0 Å². The number of ether oxygens (including phenoxy) is 1. The summed E-state index contributed by atoms with van der Waals surface area (Å²) in [4.78, 5) is 31.1. The fourth-order valence-corrected chi connectivity index (χ4v) is 4.78. The van der Waals surface area contributed by atoms with E-state index in [9.17, 15) is 9.59 Å². The molecule has 0 spiro atoms. The van der Waals surface area contributed by atoms with Crippen molar-refractivity contribution in [2.24, 2.45) is 28.7 Å². The van der Waals surface area contributed by atoms with Crippen molar-refractivity contribution >= 4 is 17.8 Å². The lowest BCUT2D eigenvalue weighted by atomic mass is 9.85. The van der Waals surface area contributed by atoms with Gasteiger partial charge in [-0.15, -0.1) is 0 Å². The van der Waals surface area contributed by atoms with Gasteiger partial charge < -0.3 is 15.4 Å². The number of imide groups is 1. The second-order valence-electron chi connectivity index (χ2n) is 7.88. The molecule has 3 aliphatic rings. The molecule has 1 saturated heterocycles. The van der Waals surface area contributed by atoms with Gasteiger partial charge in [0, 0.05) is 26.7 Å². The Balaban J connectivity index is 1.20. The Bertz CT molecular complexity index is 803. The van der Waals surface area contributed by atoms with Crippen molar-refractivity contribution in [3.8, 4) is 5.75 Å². The highest BCUT2D eigenvalue weighted by atomic mass is 16.5. The van der Waals surface area contributed by atoms with Gasteiger partial charge in [0.1, 0.15) is 5.75 Å². The number of carbonyl (C=O) groups excluding carboxylic acids is 2. The van der Waals surface area contributed by atoms with Gasteiger partial charge in [0.05, 0.1) is 18.9 Å². The number of amides is 2. The molecule has 1 aliphatic heterocycles. The van der Waals surface area contributed by atoms with Gasteiger partial charge in [-0.25, -0.2) is 0 Å². The highest BCUT2D eigenvalue weighted by molar-refractivity contribution is 6.06. The minimum Gasteiger partial charge on any atom is -0.497 e. The fraction of sp³-hybridized carbons (Fsp3) is 0.500. The first-order valence-corrected chi connectivity index (χ1v) is 10.2. The van der Waals surface area contributed by atoms with Gasteiger partial charge in [-0.3, -0.25) is 19.5 Å². The SMILES string of the molecule is CN=C(NCCCN1C(=O)C2C3C=CC(C3)C2C1=O)NCc1ccc(OC)cc1. The monoisotopic (exact) mass is 396 g/mol. The number of hydrogen-bond acceptors (Lipinski definition) is 4. The Morgan fingerprint density at radius 2 is 1.76 bits per heavy atom. The third-order valence-corrected chi connectivity index (χ3v) is 6.26. The molecule has 0 radical (unpaired) electrons. The summed E-state index contributed by atoms with van der Waals surface area (Å²) in [5, 5.41) is 6.51. The highest BCUT2D eigenvalue weighted by Crippen LogP contribution is 2.52. The van der Waals surface area contributed by atoms with E-state index in [4.69, 9.17) is 4.74 Å². The van der Waals surface area contributed by atoms with E-state index in [1.54, 1.807) is 14.2 Å². The number of methoxy groups -OCH3 is 1. The largest absolute Gasteiger partial charge is 0.497 e. The molecule has 7 heteroatoms. The summed E-state index contributed by atoms with van der Waals surface area (Å²) in [5.74, 6) is 1.90. The third kappa shape index (κ3) is 3.73. The minimum atomic E-state index is -0.107. The molecule has 29 heavy (non-hydrogen) atoms. The van der Waals surface area contributed by atoms with Crippen molar-refractivity contribution in [2.75, 3.05) is 27.2 Å². The number of aliphatic imine (C=N–C) groups is 1. The molecule has 1 heterocycles. The first-order chi connectivity index (χ1) is 14.1. The summed E-state index contributed by atoms with van der Waals surface area (Å²) < 4.78 is 5.17. The Morgan fingerprint density at radius 3 is 2.34 bits per heavy atom. The standard InChI is InChI=1S/C22H28N4O3/c1-23-22(25-13-14-4-8-17(29-2)9-5-14)24-10-3-11-26-20(27)18-15-6-7-16(12-15)19(18)21(26)28/h4-9,15-16,18-19H,3,10-13H2,1-2H3,(H2,23,24,25). The van der Waals surface area contributed by atoms with E-state index < -0.39 is 0 Å². The molecule has 2 aliphatic carbocycles. The second-order valence-corrected chi connectivity index (χ2v) is 7.88. The maximum Gasteiger partial charge on any atom is 0.233 e. The number of carbonyl (C=O) groups is 2. The van der Waals surface area contributed by atoms with E-state index in [1.807, 2.05) is 24.3 Å². The van der Waals surface area contributed by atoms with Crippen LogP contribution in [0, 0.1) is 23.7 Å². The number of hydrogen-bond donors (Lipinski definition) is 2. The molecule has 4 rings (SSSR count). The van der Waals surface area contributed by atoms with Crippen LogP contribution < -0.4 is 15.4 Å². The number of allylic oxidation sites excluding steroid dienone is 2. The van der Waals surface area contributed by atoms with Crippen LogP contribution >= 0.6 is 0 Å². The van der Waals surface area contributed by atoms with E-state index in [0.717, 1.165) is 17.7 Å². The minimum absolute atomic E-state index is 0.0267. The molecule has 2 amide bonds. The highest BCUT2D eigenvalue weighted by Gasteiger charge is 2.58. The molecule has 2 fully saturated rings. The number of guanidine groups is 1. The zero-order valence-electron chi connectivity index (χ0n) is 16.9. The maximum absolute atomic E-state index is 12.7. The van der Waals surface area contributed by atoms with Gasteiger partial charge in [0.25, 0.3) is 0 Å². The topological polar surface area (TPSA) is 83.0 Å². The molecule has 4 atom stereocenters. The predicted octanol–water partition coefficient (Wildman–Crippen LogP) is 1.56. The van der Waals surface area contributed by atoms with E-state index in [0.29, 0.717) is 32.0 Å². The average Bonchev–Trinajstić information content (AvgIpc) is 3.43. The summed E-state index contributed by atoms with van der Waals surface area (Å²) in [6.07, 6.45) is 5.92. The lowest BCUT2D eigenvalue weighted by Crippen LogP contribution is -2.39. The normalized spacial score (nSPS) is 27.5. The van der Waals surface area contributed by atoms with Gasteiger partial charge in [-0.1, -0.05) is 24.3 Å². The Labute approximate surface area is 171 Å². The van der Waals surface area contributed by atoms with Crippen LogP contribution in [0.3, 0.4) is 0 Å². The molecular formula is C22H28N4O3. The lowest BCUT2D eigenvalue weighted by Gasteiger charge is -2.18. The van der Waals surface area contributed by atoms with Crippen molar-refractivity contribution in [3.63, 3.8) is 0 Å². The quantitative estimate of drug-likeness (QED) is 0.240. The van der Waals surface area contributed by atoms with Crippen molar-refractivity contribution in [2.45, 2.75) is 19.4 Å². The van der Waals surface area contributed by atoms with Gasteiger partial charge in [-0.05, 0) is 42.4 Å². The number of nitrogens with zero attached hydrogens (tertiary/aromatic N) is 2. The maximum atomic E-state index is 12.7. The molecule has 7 nitrogen and oxygen atoms in total. The zero-order valence-corrected chi connectivity index (χ0v) is 16.9. The Kier molecular flexibility index (Phi) is 5.56. The Morgan fingerprint density at radius 1 is 1.10 bits per heavy atom. The molecular weight excluding hydrogens is 368 g/mol. The number of fused-ring (bicyclic) bond motifs is 5. The van der Waals surface area contributed by atoms with Crippen LogP contribution in [0.4, 0.5) is 0 Å². The van der Waals surface area contributed by atoms with E-state index >= 15 is 0 Å². The van der Waals surface area contributed by atoms with Crippen molar-refractivity contribution < 1.29 is 14.3 Å². The zero-order chi connectivity index (χ0) is 20.4. The molecule has 4 unspecified atom stereocenters. The van der Waals surface area contributed by atoms with E-state index in [-0.39, 0.29) is 35.5 Å². The lowest BCUT2D eigenvalue weighted by molar-refractivity contribution is -0.140. The third-order valence-electron chi connectivity index (χ3n) is 6.26. The first kappa shape index (κ1) is 19.5. The summed E-state index contributed by atoms with van der Waals surface area (Å²) in [7, 11) is 3.37. The number of benzene rings is 1. The van der Waals surface area contributed by atoms with Gasteiger partial charge in [0.15, 0.2) is 5.96 Å². The smallest absolute Gasteiger partial charge is 0.233 e. The molecule has 0 aromatic heterocycles. The van der Waals surface area contributed by atoms with E-state index in [2.05, 4.69) is 27.8 Å². The van der Waals surface area contributed by atoms with Crippen LogP contribution in [0.25, 0.3) is 0 Å². The summed E-state index contributed by atoms with van der Waals surface area (Å²) in [6.45, 7) is 1.75. The van der Waals surface area contributed by atoms with Crippen molar-refractivity contribution in [1.82, 2.24) is 15.5 Å². The fourth-order valence-electron chi connectivity index (χ4n) is 4.78. The first-order valence-electron chi connectivity index (χ1n) is 10.2. The summed E-state index contributed by atoms with van der Waals surface area (Å²) >= 11 is 0. The number of nitrogens with one attached hydrogen (secondary N) is 2. The van der Waals surface area contributed by atoms with Crippen LogP contribution in [0.2, 0.25) is 0 Å². The van der Waals surface area contributed by atoms with Crippen LogP contribution in [0.5, 0.6) is 5.75 Å². The van der Waals surface area contributed by atoms with Crippen molar-refractivity contribution in [1.29, 1.82) is 0 Å². The number of rotatable bonds is 7. The molecule has 1 aromatic rings. The van der Waals surface area contributed by atoms with Crippen LogP contribution in [-0.4, -0.2) is 49.9 Å². The van der Waals surface area contributed by atoms with Crippen LogP contribution in [-0.2, 0) is 16.1 Å². The summed E-state index contributed by atoms with van der Waals surface area (Å²) in [6, 6.07) is 7.86. The van der Waals surface area contributed by atoms with Crippen LogP contribution in [0.1, 0.15) is 18.4 Å². The predicted molar refractivity (Wildman–Crippen MR) is 110 cm³/mol. The summed E-state index contributed by atoms with van der Waals surface area (Å²) in [5.41, 5.74) is 1.12. The van der Waals surface area contributed by atoms with Crippen molar-refractivity contribution in [3.05, 3.63) is 42.0 Å². The van der Waals surface area contributed by atoms with Crippen LogP contribution in [0.15, 0.2) is 41.4 Å². The molecule has 2 bridgehead atoms.